The number of hydrogen-bond acceptors (Lipinski definition) is 1. The Morgan fingerprint density at radius 1 is 0.755 bits per heavy atom. The van der Waals surface area contributed by atoms with Gasteiger partial charge in [-0.3, -0.25) is 4.90 Å². The molecular formula is C48H73N. The molecule has 0 aromatic heterocycles. The van der Waals surface area contributed by atoms with Gasteiger partial charge in [0.2, 0.25) is 0 Å². The minimum atomic E-state index is 0.615. The van der Waals surface area contributed by atoms with Gasteiger partial charge in [-0.1, -0.05) is 133 Å². The molecule has 14 unspecified atom stereocenters. The minimum absolute atomic E-state index is 0.615. The topological polar surface area (TPSA) is 3.24 Å². The van der Waals surface area contributed by atoms with Crippen LogP contribution >= 0.6 is 0 Å². The summed E-state index contributed by atoms with van der Waals surface area (Å²) in [6, 6.07) is 1.38. The van der Waals surface area contributed by atoms with Gasteiger partial charge in [-0.25, -0.2) is 0 Å². The number of fused-ring (bicyclic) bond motifs is 6. The molecule has 270 valence electrons. The minimum Gasteiger partial charge on any atom is -0.293 e. The molecule has 1 heteroatoms. The highest BCUT2D eigenvalue weighted by molar-refractivity contribution is 5.30. The highest BCUT2D eigenvalue weighted by atomic mass is 15.2. The fourth-order valence-electron chi connectivity index (χ4n) is 14.4. The molecule has 0 radical (unpaired) electrons. The zero-order chi connectivity index (χ0) is 33.3. The first kappa shape index (κ1) is 34.7. The molecular weight excluding hydrogens is 591 g/mol. The van der Waals surface area contributed by atoms with Crippen LogP contribution < -0.4 is 0 Å². The highest BCUT2D eigenvalue weighted by Gasteiger charge is 2.51. The third-order valence-electron chi connectivity index (χ3n) is 16.8. The summed E-state index contributed by atoms with van der Waals surface area (Å²) in [5.74, 6) is 11.3. The SMILES string of the molecule is CCCCCC(CC)C1CN(C2C=CC3C=CC=C[C@H]3C2)C2CC(C3C=C4C=CCCC4C4CCCCC34)CCC2C(C)C2CCCCC12. The molecule has 8 aliphatic rings. The molecule has 0 bridgehead atoms. The first-order valence-electron chi connectivity index (χ1n) is 22.3. The summed E-state index contributed by atoms with van der Waals surface area (Å²) in [7, 11) is 0. The van der Waals surface area contributed by atoms with Gasteiger partial charge in [0.25, 0.3) is 0 Å². The Bertz CT molecular complexity index is 1250. The molecule has 0 aromatic rings. The zero-order valence-electron chi connectivity index (χ0n) is 31.9. The molecule has 0 spiro atoms. The van der Waals surface area contributed by atoms with E-state index in [2.05, 4.69) is 80.4 Å². The van der Waals surface area contributed by atoms with Crippen molar-refractivity contribution in [1.82, 2.24) is 4.90 Å². The van der Waals surface area contributed by atoms with Gasteiger partial charge in [0.05, 0.1) is 0 Å². The van der Waals surface area contributed by atoms with Crippen LogP contribution in [0.25, 0.3) is 0 Å². The zero-order valence-corrected chi connectivity index (χ0v) is 31.9. The van der Waals surface area contributed by atoms with Gasteiger partial charge in [0.1, 0.15) is 0 Å². The maximum Gasteiger partial charge on any atom is 0.0287 e. The molecule has 1 saturated heterocycles. The predicted octanol–water partition coefficient (Wildman–Crippen LogP) is 12.8. The maximum atomic E-state index is 3.28. The summed E-state index contributed by atoms with van der Waals surface area (Å²) in [5.41, 5.74) is 1.77. The number of allylic oxidation sites excluding steroid dienone is 9. The fourth-order valence-corrected chi connectivity index (χ4v) is 14.4. The van der Waals surface area contributed by atoms with Crippen LogP contribution in [0, 0.1) is 76.9 Å². The molecule has 1 aliphatic heterocycles. The second kappa shape index (κ2) is 15.7. The van der Waals surface area contributed by atoms with Crippen LogP contribution in [-0.4, -0.2) is 23.5 Å². The smallest absolute Gasteiger partial charge is 0.0287 e. The molecule has 0 aromatic carbocycles. The van der Waals surface area contributed by atoms with Gasteiger partial charge < -0.3 is 0 Å². The molecule has 1 nitrogen and oxygen atoms in total. The van der Waals surface area contributed by atoms with Crippen LogP contribution in [0.4, 0.5) is 0 Å². The molecule has 4 fully saturated rings. The van der Waals surface area contributed by atoms with E-state index in [1.807, 2.05) is 0 Å². The normalized spacial score (nSPS) is 45.5. The van der Waals surface area contributed by atoms with Crippen LogP contribution in [0.15, 0.2) is 60.3 Å². The summed E-state index contributed by atoms with van der Waals surface area (Å²) >= 11 is 0. The standard InChI is InChI=1S/C48H73N/c1-4-6-7-16-34(5-2)47-32-49(39-27-25-35-17-8-9-18-36(35)29-39)48-31-38(26-28-41(48)33(3)40-20-12-13-22-43(40)47)46-30-37-19-10-11-21-42(37)44-23-14-15-24-45(44)46/h8-10,17-19,25,27,30,33-36,38-48H,4-7,11-16,20-24,26,28-29,31-32H2,1-3H3/t33?,34?,35?,36-,38?,39?,40?,41?,42?,43?,44?,45?,46?,47?,48?/m0/s1. The molecule has 8 rings (SSSR count). The van der Waals surface area contributed by atoms with Crippen molar-refractivity contribution in [3.05, 3.63) is 60.3 Å². The lowest BCUT2D eigenvalue weighted by atomic mass is 9.53. The first-order valence-corrected chi connectivity index (χ1v) is 22.3. The Morgan fingerprint density at radius 2 is 1.55 bits per heavy atom. The van der Waals surface area contributed by atoms with Crippen LogP contribution in [0.1, 0.15) is 143 Å². The average Bonchev–Trinajstić information content (AvgIpc) is 3.16. The third-order valence-corrected chi connectivity index (χ3v) is 16.8. The molecule has 0 N–H and O–H groups in total. The van der Waals surface area contributed by atoms with Crippen molar-refractivity contribution in [2.24, 2.45) is 76.9 Å². The summed E-state index contributed by atoms with van der Waals surface area (Å²) in [6.07, 6.45) is 50.8. The van der Waals surface area contributed by atoms with E-state index in [1.165, 1.54) is 129 Å². The summed E-state index contributed by atoms with van der Waals surface area (Å²) in [4.78, 5) is 3.28. The largest absolute Gasteiger partial charge is 0.293 e. The molecule has 1 heterocycles. The summed E-state index contributed by atoms with van der Waals surface area (Å²) in [6.45, 7) is 9.14. The van der Waals surface area contributed by atoms with Gasteiger partial charge in [0, 0.05) is 24.5 Å². The van der Waals surface area contributed by atoms with Gasteiger partial charge >= 0.3 is 0 Å². The second-order valence-corrected chi connectivity index (χ2v) is 18.9. The molecule has 3 saturated carbocycles. The Labute approximate surface area is 302 Å². The number of hydrogen-bond donors (Lipinski definition) is 0. The second-order valence-electron chi connectivity index (χ2n) is 18.9. The number of rotatable bonds is 8. The van der Waals surface area contributed by atoms with Crippen LogP contribution in [-0.2, 0) is 0 Å². The van der Waals surface area contributed by atoms with Crippen molar-refractivity contribution in [1.29, 1.82) is 0 Å². The van der Waals surface area contributed by atoms with Crippen molar-refractivity contribution in [3.63, 3.8) is 0 Å². The number of nitrogens with zero attached hydrogens (tertiary/aromatic N) is 1. The van der Waals surface area contributed by atoms with E-state index in [1.54, 1.807) is 5.57 Å². The van der Waals surface area contributed by atoms with Crippen LogP contribution in [0.3, 0.4) is 0 Å². The monoisotopic (exact) mass is 664 g/mol. The van der Waals surface area contributed by atoms with E-state index in [4.69, 9.17) is 0 Å². The van der Waals surface area contributed by atoms with Gasteiger partial charge in [-0.2, -0.15) is 0 Å². The Kier molecular flexibility index (Phi) is 11.1. The van der Waals surface area contributed by atoms with Gasteiger partial charge in [-0.15, -0.1) is 0 Å². The van der Waals surface area contributed by atoms with Gasteiger partial charge in [-0.05, 0) is 141 Å². The molecule has 49 heavy (non-hydrogen) atoms. The fraction of sp³-hybridized carbons (Fsp3) is 0.792. The Morgan fingerprint density at radius 3 is 2.39 bits per heavy atom. The van der Waals surface area contributed by atoms with Crippen LogP contribution in [0.5, 0.6) is 0 Å². The lowest BCUT2D eigenvalue weighted by Crippen LogP contribution is -2.58. The van der Waals surface area contributed by atoms with E-state index in [0.29, 0.717) is 17.9 Å². The third kappa shape index (κ3) is 6.96. The van der Waals surface area contributed by atoms with Crippen molar-refractivity contribution in [3.8, 4) is 0 Å². The predicted molar refractivity (Wildman–Crippen MR) is 209 cm³/mol. The van der Waals surface area contributed by atoms with Crippen molar-refractivity contribution in [2.45, 2.75) is 155 Å². The average molecular weight is 664 g/mol. The first-order chi connectivity index (χ1) is 24.1. The van der Waals surface area contributed by atoms with Crippen molar-refractivity contribution < 1.29 is 0 Å². The number of unbranched alkanes of at least 4 members (excludes halogenated alkanes) is 2. The van der Waals surface area contributed by atoms with Crippen molar-refractivity contribution in [2.75, 3.05) is 6.54 Å². The Balaban J connectivity index is 1.15. The lowest BCUT2D eigenvalue weighted by molar-refractivity contribution is -0.0729. The molecule has 0 amide bonds. The van der Waals surface area contributed by atoms with E-state index < -0.39 is 0 Å². The van der Waals surface area contributed by atoms with E-state index in [9.17, 15) is 0 Å². The Hall–Kier alpha value is -1.34. The maximum absolute atomic E-state index is 3.28. The summed E-state index contributed by atoms with van der Waals surface area (Å²) in [5, 5.41) is 0. The quantitative estimate of drug-likeness (QED) is 0.184. The van der Waals surface area contributed by atoms with Gasteiger partial charge in [0.15, 0.2) is 0 Å². The van der Waals surface area contributed by atoms with E-state index >= 15 is 0 Å². The molecule has 15 atom stereocenters. The van der Waals surface area contributed by atoms with Crippen molar-refractivity contribution >= 4 is 0 Å². The lowest BCUT2D eigenvalue weighted by Gasteiger charge is -2.58. The highest BCUT2D eigenvalue weighted by Crippen LogP contribution is 2.57. The number of likely N-dealkylation sites (tertiary alicyclic amines) is 1. The van der Waals surface area contributed by atoms with E-state index in [-0.39, 0.29) is 0 Å². The summed E-state index contributed by atoms with van der Waals surface area (Å²) < 4.78 is 0. The van der Waals surface area contributed by atoms with Crippen LogP contribution in [0.2, 0.25) is 0 Å². The molecule has 7 aliphatic carbocycles. The van der Waals surface area contributed by atoms with E-state index in [0.717, 1.165) is 71.1 Å².